The van der Waals surface area contributed by atoms with Gasteiger partial charge in [-0.3, -0.25) is 15.0 Å². The van der Waals surface area contributed by atoms with E-state index in [0.717, 1.165) is 36.4 Å². The Bertz CT molecular complexity index is 653. The molecular weight excluding hydrogens is 270 g/mol. The maximum Gasteiger partial charge on any atom is 0.269 e. The van der Waals surface area contributed by atoms with Crippen molar-refractivity contribution >= 4 is 5.69 Å². The van der Waals surface area contributed by atoms with Crippen molar-refractivity contribution in [3.8, 4) is 0 Å². The molecule has 1 fully saturated rings. The Morgan fingerprint density at radius 1 is 1.48 bits per heavy atom. The number of likely N-dealkylation sites (tertiary alicyclic amines) is 1. The highest BCUT2D eigenvalue weighted by atomic mass is 16.6. The third-order valence-corrected chi connectivity index (χ3v) is 3.86. The third kappa shape index (κ3) is 2.95. The molecular formula is C15H17N3O3. The fourth-order valence-corrected chi connectivity index (χ4v) is 2.90. The maximum atomic E-state index is 10.8. The average Bonchev–Trinajstić information content (AvgIpc) is 3.08. The largest absolute Gasteiger partial charge is 0.361 e. The van der Waals surface area contributed by atoms with Gasteiger partial charge < -0.3 is 4.52 Å². The van der Waals surface area contributed by atoms with Gasteiger partial charge in [-0.25, -0.2) is 0 Å². The van der Waals surface area contributed by atoms with Crippen LogP contribution in [0.25, 0.3) is 0 Å². The molecule has 1 aliphatic heterocycles. The number of nitrogens with zero attached hydrogens (tertiary/aromatic N) is 3. The SMILES string of the molecule is Cc1cc(C2CCCN2Cc2cccc([N+](=O)[O-])c2)no1. The molecule has 110 valence electrons. The first-order valence-electron chi connectivity index (χ1n) is 7.04. The second-order valence-corrected chi connectivity index (χ2v) is 5.42. The summed E-state index contributed by atoms with van der Waals surface area (Å²) in [7, 11) is 0. The van der Waals surface area contributed by atoms with Gasteiger partial charge in [-0.1, -0.05) is 17.3 Å². The Kier molecular flexibility index (Phi) is 3.70. The Labute approximate surface area is 122 Å². The van der Waals surface area contributed by atoms with Gasteiger partial charge in [-0.2, -0.15) is 0 Å². The minimum absolute atomic E-state index is 0.139. The van der Waals surface area contributed by atoms with E-state index in [1.807, 2.05) is 19.1 Å². The molecule has 6 heteroatoms. The summed E-state index contributed by atoms with van der Waals surface area (Å²) in [6, 6.07) is 9.03. The highest BCUT2D eigenvalue weighted by Crippen LogP contribution is 2.33. The van der Waals surface area contributed by atoms with E-state index in [1.165, 1.54) is 6.07 Å². The molecule has 1 atom stereocenters. The van der Waals surface area contributed by atoms with Crippen LogP contribution in [0.2, 0.25) is 0 Å². The third-order valence-electron chi connectivity index (χ3n) is 3.86. The quantitative estimate of drug-likeness (QED) is 0.637. The second kappa shape index (κ2) is 5.65. The summed E-state index contributed by atoms with van der Waals surface area (Å²) < 4.78 is 5.16. The molecule has 0 aliphatic carbocycles. The van der Waals surface area contributed by atoms with Crippen LogP contribution < -0.4 is 0 Å². The molecule has 1 aliphatic rings. The smallest absolute Gasteiger partial charge is 0.269 e. The number of aryl methyl sites for hydroxylation is 1. The normalized spacial score (nSPS) is 19.0. The molecule has 2 heterocycles. The zero-order chi connectivity index (χ0) is 14.8. The molecule has 1 unspecified atom stereocenters. The van der Waals surface area contributed by atoms with Crippen molar-refractivity contribution < 1.29 is 9.45 Å². The number of nitro groups is 1. The summed E-state index contributed by atoms with van der Waals surface area (Å²) in [5, 5.41) is 15.0. The van der Waals surface area contributed by atoms with E-state index in [0.29, 0.717) is 6.54 Å². The van der Waals surface area contributed by atoms with Crippen LogP contribution in [0.4, 0.5) is 5.69 Å². The van der Waals surface area contributed by atoms with Crippen LogP contribution >= 0.6 is 0 Å². The molecule has 2 aromatic rings. The summed E-state index contributed by atoms with van der Waals surface area (Å²) in [5.74, 6) is 0.812. The topological polar surface area (TPSA) is 72.4 Å². The van der Waals surface area contributed by atoms with Gasteiger partial charge in [0.05, 0.1) is 11.0 Å². The predicted molar refractivity (Wildman–Crippen MR) is 76.7 cm³/mol. The molecule has 0 spiro atoms. The molecule has 3 rings (SSSR count). The van der Waals surface area contributed by atoms with Crippen LogP contribution in [0.5, 0.6) is 0 Å². The molecule has 0 radical (unpaired) electrons. The molecule has 0 amide bonds. The molecule has 1 aromatic heterocycles. The van der Waals surface area contributed by atoms with E-state index in [2.05, 4.69) is 10.1 Å². The number of aromatic nitrogens is 1. The molecule has 0 N–H and O–H groups in total. The maximum absolute atomic E-state index is 10.8. The second-order valence-electron chi connectivity index (χ2n) is 5.42. The minimum Gasteiger partial charge on any atom is -0.361 e. The van der Waals surface area contributed by atoms with Crippen molar-refractivity contribution in [3.63, 3.8) is 0 Å². The summed E-state index contributed by atoms with van der Waals surface area (Å²) >= 11 is 0. The first-order chi connectivity index (χ1) is 10.1. The van der Waals surface area contributed by atoms with Gasteiger partial charge in [0.1, 0.15) is 11.5 Å². The van der Waals surface area contributed by atoms with E-state index in [-0.39, 0.29) is 16.7 Å². The van der Waals surface area contributed by atoms with Gasteiger partial charge >= 0.3 is 0 Å². The number of nitro benzene ring substituents is 1. The van der Waals surface area contributed by atoms with Crippen molar-refractivity contribution in [2.75, 3.05) is 6.54 Å². The van der Waals surface area contributed by atoms with Gasteiger partial charge in [-0.05, 0) is 31.9 Å². The van der Waals surface area contributed by atoms with Crippen LogP contribution in [0.1, 0.15) is 35.9 Å². The Hall–Kier alpha value is -2.21. The van der Waals surface area contributed by atoms with E-state index < -0.39 is 0 Å². The molecule has 0 saturated carbocycles. The number of rotatable bonds is 4. The lowest BCUT2D eigenvalue weighted by atomic mass is 10.1. The van der Waals surface area contributed by atoms with Gasteiger partial charge in [0.15, 0.2) is 0 Å². The van der Waals surface area contributed by atoms with Crippen molar-refractivity contribution in [3.05, 3.63) is 57.5 Å². The molecule has 1 saturated heterocycles. The van der Waals surface area contributed by atoms with E-state index >= 15 is 0 Å². The van der Waals surface area contributed by atoms with E-state index in [1.54, 1.807) is 12.1 Å². The van der Waals surface area contributed by atoms with E-state index in [4.69, 9.17) is 4.52 Å². The summed E-state index contributed by atoms with van der Waals surface area (Å²) in [6.45, 7) is 3.55. The number of hydrogen-bond acceptors (Lipinski definition) is 5. The Morgan fingerprint density at radius 2 is 2.33 bits per heavy atom. The van der Waals surface area contributed by atoms with Crippen molar-refractivity contribution in [1.82, 2.24) is 10.1 Å². The Balaban J connectivity index is 1.77. The number of non-ortho nitro benzene ring substituents is 1. The fourth-order valence-electron chi connectivity index (χ4n) is 2.90. The summed E-state index contributed by atoms with van der Waals surface area (Å²) in [5.41, 5.74) is 2.05. The average molecular weight is 287 g/mol. The lowest BCUT2D eigenvalue weighted by Crippen LogP contribution is -2.23. The molecule has 21 heavy (non-hydrogen) atoms. The minimum atomic E-state index is -0.355. The Morgan fingerprint density at radius 3 is 3.05 bits per heavy atom. The van der Waals surface area contributed by atoms with Crippen LogP contribution in [0.3, 0.4) is 0 Å². The standard InChI is InChI=1S/C15H17N3O3/c1-11-8-14(16-21-11)15-6-3-7-17(15)10-12-4-2-5-13(9-12)18(19)20/h2,4-5,8-9,15H,3,6-7,10H2,1H3. The highest BCUT2D eigenvalue weighted by molar-refractivity contribution is 5.34. The molecule has 0 bridgehead atoms. The van der Waals surface area contributed by atoms with Crippen molar-refractivity contribution in [2.45, 2.75) is 32.4 Å². The molecule has 6 nitrogen and oxygen atoms in total. The summed E-state index contributed by atoms with van der Waals surface area (Å²) in [4.78, 5) is 12.8. The van der Waals surface area contributed by atoms with Crippen LogP contribution in [-0.2, 0) is 6.54 Å². The monoisotopic (exact) mass is 287 g/mol. The van der Waals surface area contributed by atoms with Gasteiger partial charge in [-0.15, -0.1) is 0 Å². The highest BCUT2D eigenvalue weighted by Gasteiger charge is 2.28. The van der Waals surface area contributed by atoms with Gasteiger partial charge in [0, 0.05) is 24.7 Å². The number of benzene rings is 1. The number of hydrogen-bond donors (Lipinski definition) is 0. The van der Waals surface area contributed by atoms with Crippen LogP contribution in [-0.4, -0.2) is 21.5 Å². The lowest BCUT2D eigenvalue weighted by Gasteiger charge is -2.22. The zero-order valence-electron chi connectivity index (χ0n) is 11.9. The van der Waals surface area contributed by atoms with Gasteiger partial charge in [0.2, 0.25) is 0 Å². The van der Waals surface area contributed by atoms with Crippen LogP contribution in [0, 0.1) is 17.0 Å². The molecule has 1 aromatic carbocycles. The fraction of sp³-hybridized carbons (Fsp3) is 0.400. The van der Waals surface area contributed by atoms with Crippen molar-refractivity contribution in [2.24, 2.45) is 0 Å². The zero-order valence-corrected chi connectivity index (χ0v) is 11.9. The lowest BCUT2D eigenvalue weighted by molar-refractivity contribution is -0.384. The summed E-state index contributed by atoms with van der Waals surface area (Å²) in [6.07, 6.45) is 2.15. The van der Waals surface area contributed by atoms with Crippen LogP contribution in [0.15, 0.2) is 34.9 Å². The first kappa shape index (κ1) is 13.8. The van der Waals surface area contributed by atoms with Gasteiger partial charge in [0.25, 0.3) is 5.69 Å². The van der Waals surface area contributed by atoms with Crippen molar-refractivity contribution in [1.29, 1.82) is 0 Å². The predicted octanol–water partition coefficient (Wildman–Crippen LogP) is 3.23. The van der Waals surface area contributed by atoms with E-state index in [9.17, 15) is 10.1 Å². The first-order valence-corrected chi connectivity index (χ1v) is 7.04.